The molecular weight excluding hydrogens is 266 g/mol. The van der Waals surface area contributed by atoms with Crippen LogP contribution >= 0.6 is 0 Å². The maximum atomic E-state index is 12.1. The maximum Gasteiger partial charge on any atom is 0.309 e. The summed E-state index contributed by atoms with van der Waals surface area (Å²) in [5.41, 5.74) is 6.40. The van der Waals surface area contributed by atoms with Gasteiger partial charge in [-0.25, -0.2) is 0 Å². The molecule has 0 aliphatic rings. The Balaban J connectivity index is 2.50. The van der Waals surface area contributed by atoms with Crippen LogP contribution in [0.2, 0.25) is 0 Å². The molecule has 0 saturated heterocycles. The molecule has 0 unspecified atom stereocenters. The molecule has 0 aromatic heterocycles. The highest BCUT2D eigenvalue weighted by atomic mass is 16.6. The van der Waals surface area contributed by atoms with Crippen molar-refractivity contribution < 1.29 is 14.3 Å². The number of nitrogens with two attached hydrogens (primary N) is 1. The number of Topliss-reactive ketones (excluding diaryl/α,β-unsaturated/α-hetero) is 1. The fourth-order valence-corrected chi connectivity index (χ4v) is 1.92. The van der Waals surface area contributed by atoms with Crippen molar-refractivity contribution in [3.8, 4) is 0 Å². The first-order chi connectivity index (χ1) is 9.69. The van der Waals surface area contributed by atoms with E-state index >= 15 is 0 Å². The molecule has 0 fully saturated rings. The highest BCUT2D eigenvalue weighted by Crippen LogP contribution is 2.15. The zero-order valence-electron chi connectivity index (χ0n) is 13.3. The van der Waals surface area contributed by atoms with Gasteiger partial charge >= 0.3 is 5.97 Å². The lowest BCUT2D eigenvalue weighted by Gasteiger charge is -2.22. The molecule has 0 radical (unpaired) electrons. The van der Waals surface area contributed by atoms with Crippen LogP contribution in [0.5, 0.6) is 0 Å². The molecule has 2 N–H and O–H groups in total. The molecule has 0 saturated carbocycles. The zero-order chi connectivity index (χ0) is 16.0. The van der Waals surface area contributed by atoms with E-state index < -0.39 is 17.6 Å². The molecular formula is C17H25NO3. The van der Waals surface area contributed by atoms with E-state index in [-0.39, 0.29) is 18.2 Å². The minimum absolute atomic E-state index is 0.114. The van der Waals surface area contributed by atoms with Gasteiger partial charge in [-0.2, -0.15) is 0 Å². The second kappa shape index (κ2) is 7.36. The van der Waals surface area contributed by atoms with Gasteiger partial charge in [0, 0.05) is 6.42 Å². The molecule has 21 heavy (non-hydrogen) atoms. The standard InChI is InChI=1S/C17H25NO3/c1-12(16(20)21-17(2,3)4)10-15(19)14(18)11-13-8-6-5-7-9-13/h5-9,12,14H,10-11,18H2,1-4H3/t12-,14-/m1/s1. The van der Waals surface area contributed by atoms with Crippen LogP contribution < -0.4 is 5.73 Å². The Morgan fingerprint density at radius 2 is 1.76 bits per heavy atom. The summed E-state index contributed by atoms with van der Waals surface area (Å²) < 4.78 is 5.27. The van der Waals surface area contributed by atoms with Gasteiger partial charge in [0.1, 0.15) is 5.60 Å². The first kappa shape index (κ1) is 17.4. The lowest BCUT2D eigenvalue weighted by molar-refractivity contribution is -0.160. The third-order valence-corrected chi connectivity index (χ3v) is 3.03. The van der Waals surface area contributed by atoms with Crippen molar-refractivity contribution in [2.45, 2.75) is 52.2 Å². The Hall–Kier alpha value is -1.68. The molecule has 1 rings (SSSR count). The van der Waals surface area contributed by atoms with Gasteiger partial charge in [0.25, 0.3) is 0 Å². The summed E-state index contributed by atoms with van der Waals surface area (Å²) in [5.74, 6) is -0.946. The fraction of sp³-hybridized carbons (Fsp3) is 0.529. The van der Waals surface area contributed by atoms with Crippen molar-refractivity contribution in [1.29, 1.82) is 0 Å². The van der Waals surface area contributed by atoms with Crippen LogP contribution in [0.1, 0.15) is 39.7 Å². The summed E-state index contributed by atoms with van der Waals surface area (Å²) in [6.45, 7) is 7.11. The van der Waals surface area contributed by atoms with Crippen molar-refractivity contribution >= 4 is 11.8 Å². The van der Waals surface area contributed by atoms with Gasteiger partial charge in [-0.3, -0.25) is 9.59 Å². The highest BCUT2D eigenvalue weighted by Gasteiger charge is 2.25. The largest absolute Gasteiger partial charge is 0.460 e. The van der Waals surface area contributed by atoms with Gasteiger partial charge in [-0.1, -0.05) is 37.3 Å². The lowest BCUT2D eigenvalue weighted by Crippen LogP contribution is -2.36. The SMILES string of the molecule is C[C@H](CC(=O)[C@H](N)Cc1ccccc1)C(=O)OC(C)(C)C. The highest BCUT2D eigenvalue weighted by molar-refractivity contribution is 5.88. The van der Waals surface area contributed by atoms with Crippen molar-refractivity contribution in [2.75, 3.05) is 0 Å². The molecule has 4 heteroatoms. The molecule has 0 aliphatic heterocycles. The summed E-state index contributed by atoms with van der Waals surface area (Å²) >= 11 is 0. The quantitative estimate of drug-likeness (QED) is 0.818. The number of ketones is 1. The van der Waals surface area contributed by atoms with Gasteiger partial charge in [-0.05, 0) is 32.8 Å². The average molecular weight is 291 g/mol. The number of hydrogen-bond donors (Lipinski definition) is 1. The smallest absolute Gasteiger partial charge is 0.309 e. The first-order valence-corrected chi connectivity index (χ1v) is 7.24. The molecule has 0 aliphatic carbocycles. The van der Waals surface area contributed by atoms with Crippen LogP contribution in [0.3, 0.4) is 0 Å². The number of hydrogen-bond acceptors (Lipinski definition) is 4. The van der Waals surface area contributed by atoms with Crippen LogP contribution in [-0.4, -0.2) is 23.4 Å². The summed E-state index contributed by atoms with van der Waals surface area (Å²) in [5, 5.41) is 0. The van der Waals surface area contributed by atoms with Crippen molar-refractivity contribution in [2.24, 2.45) is 11.7 Å². The topological polar surface area (TPSA) is 69.4 Å². The van der Waals surface area contributed by atoms with Crippen molar-refractivity contribution in [3.63, 3.8) is 0 Å². The number of rotatable bonds is 6. The average Bonchev–Trinajstić information content (AvgIpc) is 2.37. The summed E-state index contributed by atoms with van der Waals surface area (Å²) in [4.78, 5) is 24.0. The third-order valence-electron chi connectivity index (χ3n) is 3.03. The molecule has 1 aromatic carbocycles. The van der Waals surface area contributed by atoms with E-state index in [1.165, 1.54) is 0 Å². The molecule has 2 atom stereocenters. The molecule has 116 valence electrons. The Kier molecular flexibility index (Phi) is 6.09. The van der Waals surface area contributed by atoms with E-state index in [1.807, 2.05) is 30.3 Å². The van der Waals surface area contributed by atoms with Crippen LogP contribution in [0.15, 0.2) is 30.3 Å². The summed E-state index contributed by atoms with van der Waals surface area (Å²) in [6.07, 6.45) is 0.601. The number of esters is 1. The number of carbonyl (C=O) groups is 2. The first-order valence-electron chi connectivity index (χ1n) is 7.24. The van der Waals surface area contributed by atoms with E-state index in [0.29, 0.717) is 6.42 Å². The van der Waals surface area contributed by atoms with Gasteiger partial charge in [-0.15, -0.1) is 0 Å². The minimum Gasteiger partial charge on any atom is -0.460 e. The van der Waals surface area contributed by atoms with E-state index in [2.05, 4.69) is 0 Å². The number of ether oxygens (including phenoxy) is 1. The predicted molar refractivity (Wildman–Crippen MR) is 82.8 cm³/mol. The Labute approximate surface area is 126 Å². The van der Waals surface area contributed by atoms with Gasteiger partial charge < -0.3 is 10.5 Å². The normalized spacial score (nSPS) is 14.3. The predicted octanol–water partition coefficient (Wildman–Crippen LogP) is 2.49. The monoisotopic (exact) mass is 291 g/mol. The van der Waals surface area contributed by atoms with E-state index in [1.54, 1.807) is 27.7 Å². The second-order valence-electron chi connectivity index (χ2n) is 6.40. The van der Waals surface area contributed by atoms with Gasteiger partial charge in [0.05, 0.1) is 12.0 Å². The van der Waals surface area contributed by atoms with Crippen molar-refractivity contribution in [1.82, 2.24) is 0 Å². The maximum absolute atomic E-state index is 12.1. The Bertz CT molecular complexity index is 477. The van der Waals surface area contributed by atoms with Crippen LogP contribution in [-0.2, 0) is 20.7 Å². The van der Waals surface area contributed by atoms with Gasteiger partial charge in [0.2, 0.25) is 0 Å². The number of carbonyl (C=O) groups excluding carboxylic acids is 2. The van der Waals surface area contributed by atoms with Crippen LogP contribution in [0.25, 0.3) is 0 Å². The number of benzene rings is 1. The molecule has 0 heterocycles. The van der Waals surface area contributed by atoms with E-state index in [0.717, 1.165) is 5.56 Å². The summed E-state index contributed by atoms with van der Waals surface area (Å²) in [6, 6.07) is 9.03. The second-order valence-corrected chi connectivity index (χ2v) is 6.40. The third kappa shape index (κ3) is 6.54. The fourth-order valence-electron chi connectivity index (χ4n) is 1.92. The zero-order valence-corrected chi connectivity index (χ0v) is 13.3. The van der Waals surface area contributed by atoms with Crippen molar-refractivity contribution in [3.05, 3.63) is 35.9 Å². The Morgan fingerprint density at radius 3 is 2.29 bits per heavy atom. The Morgan fingerprint density at radius 1 is 1.19 bits per heavy atom. The summed E-state index contributed by atoms with van der Waals surface area (Å²) in [7, 11) is 0. The molecule has 0 spiro atoms. The lowest BCUT2D eigenvalue weighted by atomic mass is 9.96. The molecule has 0 amide bonds. The molecule has 0 bridgehead atoms. The van der Waals surface area contributed by atoms with E-state index in [9.17, 15) is 9.59 Å². The molecule has 4 nitrogen and oxygen atoms in total. The minimum atomic E-state index is -0.586. The van der Waals surface area contributed by atoms with E-state index in [4.69, 9.17) is 10.5 Å². The van der Waals surface area contributed by atoms with Crippen LogP contribution in [0.4, 0.5) is 0 Å². The molecule has 1 aromatic rings. The van der Waals surface area contributed by atoms with Gasteiger partial charge in [0.15, 0.2) is 5.78 Å². The van der Waals surface area contributed by atoms with Crippen LogP contribution in [0, 0.1) is 5.92 Å².